The van der Waals surface area contributed by atoms with Gasteiger partial charge < -0.3 is 4.57 Å². The first-order valence-electron chi connectivity index (χ1n) is 7.80. The van der Waals surface area contributed by atoms with Crippen molar-refractivity contribution in [3.63, 3.8) is 0 Å². The van der Waals surface area contributed by atoms with Crippen molar-refractivity contribution in [1.82, 2.24) is 19.7 Å². The molecule has 4 rings (SSSR count). The van der Waals surface area contributed by atoms with E-state index in [0.717, 1.165) is 5.56 Å². The Hall–Kier alpha value is -2.62. The zero-order chi connectivity index (χ0) is 19.1. The van der Waals surface area contributed by atoms with Gasteiger partial charge in [-0.3, -0.25) is 14.9 Å². The lowest BCUT2D eigenvalue weighted by Crippen LogP contribution is -2.17. The highest BCUT2D eigenvalue weighted by atomic mass is 35.5. The van der Waals surface area contributed by atoms with Crippen LogP contribution in [0.1, 0.15) is 15.2 Å². The van der Waals surface area contributed by atoms with E-state index in [4.69, 9.17) is 11.6 Å². The van der Waals surface area contributed by atoms with Crippen LogP contribution in [0.5, 0.6) is 0 Å². The number of fused-ring (bicyclic) bond motifs is 1. The first-order chi connectivity index (χ1) is 13.0. The van der Waals surface area contributed by atoms with Crippen molar-refractivity contribution in [3.05, 3.63) is 56.4 Å². The highest BCUT2D eigenvalue weighted by Gasteiger charge is 2.20. The van der Waals surface area contributed by atoms with Gasteiger partial charge in [0, 0.05) is 12.6 Å². The third kappa shape index (κ3) is 3.14. The van der Waals surface area contributed by atoms with Crippen molar-refractivity contribution in [2.75, 3.05) is 5.32 Å². The molecule has 0 aliphatic carbocycles. The van der Waals surface area contributed by atoms with Crippen LogP contribution in [0, 0.1) is 6.92 Å². The first-order valence-corrected chi connectivity index (χ1v) is 9.81. The van der Waals surface area contributed by atoms with E-state index in [9.17, 15) is 9.59 Å². The normalized spacial score (nSPS) is 11.1. The molecule has 10 heteroatoms. The first kappa shape index (κ1) is 17.8. The average molecular weight is 418 g/mol. The molecule has 0 bridgehead atoms. The average Bonchev–Trinajstić information content (AvgIpc) is 3.23. The van der Waals surface area contributed by atoms with Gasteiger partial charge in [0.15, 0.2) is 5.01 Å². The third-order valence-corrected chi connectivity index (χ3v) is 6.37. The number of hydrogen-bond donors (Lipinski definition) is 1. The maximum atomic E-state index is 12.7. The van der Waals surface area contributed by atoms with Gasteiger partial charge in [0.1, 0.15) is 4.83 Å². The van der Waals surface area contributed by atoms with Crippen molar-refractivity contribution in [1.29, 1.82) is 0 Å². The molecule has 0 saturated heterocycles. The molecule has 0 unspecified atom stereocenters. The van der Waals surface area contributed by atoms with Gasteiger partial charge in [0.2, 0.25) is 5.13 Å². The number of hydrogen-bond acceptors (Lipinski definition) is 7. The summed E-state index contributed by atoms with van der Waals surface area (Å²) in [6.45, 7) is 1.74. The molecule has 0 saturated carbocycles. The Labute approximate surface area is 166 Å². The molecule has 0 spiro atoms. The molecular weight excluding hydrogens is 406 g/mol. The maximum Gasteiger partial charge on any atom is 0.267 e. The molecule has 0 aliphatic rings. The SMILES string of the molecule is Cc1c(C(=O)Nc2nnc(-c3ccccc3Cl)s2)sc2ncn(C)c(=O)c12. The van der Waals surface area contributed by atoms with E-state index in [1.54, 1.807) is 20.0 Å². The van der Waals surface area contributed by atoms with Crippen molar-refractivity contribution < 1.29 is 4.79 Å². The number of thiophene rings is 1. The van der Waals surface area contributed by atoms with Crippen molar-refractivity contribution >= 4 is 55.5 Å². The number of benzene rings is 1. The lowest BCUT2D eigenvalue weighted by Gasteiger charge is -2.00. The molecule has 0 radical (unpaired) electrons. The fourth-order valence-electron chi connectivity index (χ4n) is 2.60. The summed E-state index contributed by atoms with van der Waals surface area (Å²) in [5, 5.41) is 12.8. The Morgan fingerprint density at radius 2 is 2.00 bits per heavy atom. The Morgan fingerprint density at radius 3 is 2.78 bits per heavy atom. The minimum Gasteiger partial charge on any atom is -0.302 e. The van der Waals surface area contributed by atoms with Gasteiger partial charge in [0.25, 0.3) is 11.5 Å². The monoisotopic (exact) mass is 417 g/mol. The van der Waals surface area contributed by atoms with Crippen LogP contribution in [0.3, 0.4) is 0 Å². The van der Waals surface area contributed by atoms with Gasteiger partial charge in [-0.15, -0.1) is 21.5 Å². The number of carbonyl (C=O) groups excluding carboxylic acids is 1. The van der Waals surface area contributed by atoms with Crippen LogP contribution in [0.15, 0.2) is 35.4 Å². The number of carbonyl (C=O) groups is 1. The van der Waals surface area contributed by atoms with Gasteiger partial charge in [-0.1, -0.05) is 41.1 Å². The van der Waals surface area contributed by atoms with E-state index >= 15 is 0 Å². The summed E-state index contributed by atoms with van der Waals surface area (Å²) in [6.07, 6.45) is 1.45. The summed E-state index contributed by atoms with van der Waals surface area (Å²) < 4.78 is 1.39. The molecule has 1 aromatic carbocycles. The summed E-state index contributed by atoms with van der Waals surface area (Å²) in [5.74, 6) is -0.348. The topological polar surface area (TPSA) is 89.8 Å². The Morgan fingerprint density at radius 1 is 1.22 bits per heavy atom. The highest BCUT2D eigenvalue weighted by Crippen LogP contribution is 2.32. The van der Waals surface area contributed by atoms with E-state index in [2.05, 4.69) is 20.5 Å². The predicted octanol–water partition coefficient (Wildman–Crippen LogP) is 3.73. The number of anilines is 1. The van der Waals surface area contributed by atoms with Crippen LogP contribution in [-0.4, -0.2) is 25.7 Å². The lowest BCUT2D eigenvalue weighted by molar-refractivity contribution is 0.103. The number of nitrogens with zero attached hydrogens (tertiary/aromatic N) is 4. The van der Waals surface area contributed by atoms with Gasteiger partial charge in [-0.25, -0.2) is 4.98 Å². The van der Waals surface area contributed by atoms with Crippen LogP contribution in [-0.2, 0) is 7.05 Å². The molecule has 4 aromatic rings. The summed E-state index contributed by atoms with van der Waals surface area (Å²) in [4.78, 5) is 30.2. The van der Waals surface area contributed by atoms with Crippen molar-refractivity contribution in [2.24, 2.45) is 7.05 Å². The van der Waals surface area contributed by atoms with Crippen molar-refractivity contribution in [2.45, 2.75) is 6.92 Å². The molecule has 27 heavy (non-hydrogen) atoms. The molecule has 1 N–H and O–H groups in total. The molecule has 136 valence electrons. The second-order valence-corrected chi connectivity index (χ2v) is 8.13. The number of aryl methyl sites for hydroxylation is 2. The van der Waals surface area contributed by atoms with Crippen molar-refractivity contribution in [3.8, 4) is 10.6 Å². The second-order valence-electron chi connectivity index (χ2n) is 5.74. The quantitative estimate of drug-likeness (QED) is 0.548. The lowest BCUT2D eigenvalue weighted by atomic mass is 10.2. The molecule has 7 nitrogen and oxygen atoms in total. The number of aromatic nitrogens is 4. The smallest absolute Gasteiger partial charge is 0.267 e. The van der Waals surface area contributed by atoms with Crippen LogP contribution in [0.25, 0.3) is 20.8 Å². The second kappa shape index (κ2) is 6.84. The molecule has 3 heterocycles. The minimum atomic E-state index is -0.348. The van der Waals surface area contributed by atoms with E-state index in [1.807, 2.05) is 18.2 Å². The predicted molar refractivity (Wildman–Crippen MR) is 108 cm³/mol. The van der Waals surface area contributed by atoms with E-state index in [-0.39, 0.29) is 11.5 Å². The van der Waals surface area contributed by atoms with Gasteiger partial charge in [0.05, 0.1) is 21.6 Å². The van der Waals surface area contributed by atoms with Gasteiger partial charge >= 0.3 is 0 Å². The van der Waals surface area contributed by atoms with Crippen LogP contribution >= 0.6 is 34.3 Å². The number of halogens is 1. The van der Waals surface area contributed by atoms with E-state index < -0.39 is 0 Å². The van der Waals surface area contributed by atoms with Crippen LogP contribution in [0.2, 0.25) is 5.02 Å². The van der Waals surface area contributed by atoms with E-state index in [0.29, 0.717) is 35.8 Å². The van der Waals surface area contributed by atoms with Crippen LogP contribution in [0.4, 0.5) is 5.13 Å². The summed E-state index contributed by atoms with van der Waals surface area (Å²) in [5.41, 5.74) is 1.18. The Kier molecular flexibility index (Phi) is 4.50. The molecular formula is C17H12ClN5O2S2. The Balaban J connectivity index is 1.65. The third-order valence-electron chi connectivity index (χ3n) is 3.97. The number of rotatable bonds is 3. The Bertz CT molecular complexity index is 1240. The maximum absolute atomic E-state index is 12.7. The minimum absolute atomic E-state index is 0.176. The molecule has 0 fully saturated rings. The zero-order valence-corrected chi connectivity index (χ0v) is 16.6. The fraction of sp³-hybridized carbons (Fsp3) is 0.118. The highest BCUT2D eigenvalue weighted by molar-refractivity contribution is 7.21. The molecule has 0 atom stereocenters. The number of nitrogens with one attached hydrogen (secondary N) is 1. The fourth-order valence-corrected chi connectivity index (χ4v) is 4.69. The van der Waals surface area contributed by atoms with Crippen LogP contribution < -0.4 is 10.9 Å². The summed E-state index contributed by atoms with van der Waals surface area (Å²) in [6, 6.07) is 7.30. The standard InChI is InChI=1S/C17H12ClN5O2S2/c1-8-11-15(19-7-23(2)16(11)25)26-12(8)13(24)20-17-22-21-14(27-17)9-5-3-4-6-10(9)18/h3-7H,1-2H3,(H,20,22,24). The number of amides is 1. The van der Waals surface area contributed by atoms with E-state index in [1.165, 1.54) is 33.6 Å². The van der Waals surface area contributed by atoms with Gasteiger partial charge in [-0.2, -0.15) is 0 Å². The zero-order valence-electron chi connectivity index (χ0n) is 14.2. The summed E-state index contributed by atoms with van der Waals surface area (Å²) >= 11 is 8.58. The summed E-state index contributed by atoms with van der Waals surface area (Å²) in [7, 11) is 1.63. The molecule has 3 aromatic heterocycles. The largest absolute Gasteiger partial charge is 0.302 e. The van der Waals surface area contributed by atoms with Gasteiger partial charge in [-0.05, 0) is 18.6 Å². The molecule has 1 amide bonds. The molecule has 0 aliphatic heterocycles.